The number of hydrogen-bond donors (Lipinski definition) is 0. The molecule has 0 saturated carbocycles. The second-order valence-electron chi connectivity index (χ2n) is 7.17. The Morgan fingerprint density at radius 2 is 1.26 bits per heavy atom. The molecule has 0 aromatic heterocycles. The molecule has 0 fully saturated rings. The second-order valence-corrected chi connectivity index (χ2v) is 7.17. The average molecular weight is 340 g/mol. The maximum absolute atomic E-state index is 3.42. The van der Waals surface area contributed by atoms with Crippen LogP contribution in [0.1, 0.15) is 12.0 Å². The molecule has 0 saturated heterocycles. The summed E-state index contributed by atoms with van der Waals surface area (Å²) in [6, 6.07) is 24.3. The highest BCUT2D eigenvalue weighted by Crippen LogP contribution is 2.40. The van der Waals surface area contributed by atoms with Crippen molar-refractivity contribution < 1.29 is 0 Å². The van der Waals surface area contributed by atoms with E-state index in [2.05, 4.69) is 96.8 Å². The van der Waals surface area contributed by atoms with Gasteiger partial charge in [0.25, 0.3) is 0 Å². The Bertz CT molecular complexity index is 1430. The minimum absolute atomic E-state index is 0.948. The molecule has 0 N–H and O–H groups in total. The SMILES string of the molecule is C(#Cc1ccc2c3cccc4cccc(c5cccc1c52)c43)C1=CC=CC1. The fourth-order valence-electron chi connectivity index (χ4n) is 4.44. The van der Waals surface area contributed by atoms with Crippen LogP contribution < -0.4 is 0 Å². The number of fused-ring (bicyclic) bond motifs is 2. The van der Waals surface area contributed by atoms with Crippen molar-refractivity contribution in [2.45, 2.75) is 6.42 Å². The van der Waals surface area contributed by atoms with Crippen LogP contribution in [0.5, 0.6) is 0 Å². The average Bonchev–Trinajstić information content (AvgIpc) is 3.24. The van der Waals surface area contributed by atoms with Crippen molar-refractivity contribution in [3.05, 3.63) is 96.1 Å². The van der Waals surface area contributed by atoms with E-state index in [4.69, 9.17) is 0 Å². The van der Waals surface area contributed by atoms with Crippen LogP contribution in [0, 0.1) is 11.8 Å². The lowest BCUT2D eigenvalue weighted by molar-refractivity contribution is 1.36. The highest BCUT2D eigenvalue weighted by atomic mass is 14.2. The molecule has 0 bridgehead atoms. The van der Waals surface area contributed by atoms with Crippen LogP contribution in [0.4, 0.5) is 0 Å². The lowest BCUT2D eigenvalue weighted by atomic mass is 9.88. The van der Waals surface area contributed by atoms with Gasteiger partial charge in [0.1, 0.15) is 0 Å². The molecule has 0 atom stereocenters. The van der Waals surface area contributed by atoms with Gasteiger partial charge in [-0.3, -0.25) is 0 Å². The van der Waals surface area contributed by atoms with Crippen molar-refractivity contribution in [3.63, 3.8) is 0 Å². The molecule has 0 aliphatic heterocycles. The zero-order valence-corrected chi connectivity index (χ0v) is 14.8. The van der Waals surface area contributed by atoms with Crippen LogP contribution in [-0.4, -0.2) is 0 Å². The highest BCUT2D eigenvalue weighted by Gasteiger charge is 2.13. The smallest absolute Gasteiger partial charge is 0.0328 e. The van der Waals surface area contributed by atoms with Gasteiger partial charge in [0.2, 0.25) is 0 Å². The Hall–Kier alpha value is -3.56. The van der Waals surface area contributed by atoms with Gasteiger partial charge in [-0.25, -0.2) is 0 Å². The molecule has 6 rings (SSSR count). The summed E-state index contributed by atoms with van der Waals surface area (Å²) in [7, 11) is 0. The van der Waals surface area contributed by atoms with E-state index >= 15 is 0 Å². The van der Waals surface area contributed by atoms with Crippen LogP contribution in [0.3, 0.4) is 0 Å². The van der Waals surface area contributed by atoms with E-state index in [9.17, 15) is 0 Å². The zero-order chi connectivity index (χ0) is 17.8. The van der Waals surface area contributed by atoms with Gasteiger partial charge >= 0.3 is 0 Å². The van der Waals surface area contributed by atoms with Gasteiger partial charge in [0.15, 0.2) is 0 Å². The van der Waals surface area contributed by atoms with Crippen molar-refractivity contribution >= 4 is 43.1 Å². The number of hydrogen-bond acceptors (Lipinski definition) is 0. The molecule has 0 amide bonds. The van der Waals surface area contributed by atoms with Crippen LogP contribution in [0.15, 0.2) is 90.5 Å². The number of rotatable bonds is 0. The van der Waals surface area contributed by atoms with E-state index in [1.54, 1.807) is 0 Å². The van der Waals surface area contributed by atoms with Gasteiger partial charge in [-0.1, -0.05) is 90.7 Å². The Kier molecular flexibility index (Phi) is 2.95. The molecule has 124 valence electrons. The van der Waals surface area contributed by atoms with Gasteiger partial charge in [-0.2, -0.15) is 0 Å². The molecule has 1 aliphatic rings. The lowest BCUT2D eigenvalue weighted by Crippen LogP contribution is -1.88. The summed E-state index contributed by atoms with van der Waals surface area (Å²) in [4.78, 5) is 0. The molecule has 0 radical (unpaired) electrons. The van der Waals surface area contributed by atoms with Crippen LogP contribution in [0.25, 0.3) is 43.1 Å². The van der Waals surface area contributed by atoms with E-state index in [1.165, 1.54) is 48.7 Å². The molecule has 1 aliphatic carbocycles. The first-order valence-electron chi connectivity index (χ1n) is 9.36. The standard InChI is InChI=1S/C27H16/c1-2-7-18(6-1)14-15-19-16-17-25-23-12-4-9-20-8-3-11-22(26(20)23)24-13-5-10-21(19)27(24)25/h1-6,8-13,16-17H,7H2. The number of allylic oxidation sites excluding steroid dienone is 4. The molecular formula is C27H16. The fourth-order valence-corrected chi connectivity index (χ4v) is 4.44. The minimum Gasteiger partial charge on any atom is -0.0794 e. The third-order valence-electron chi connectivity index (χ3n) is 5.65. The van der Waals surface area contributed by atoms with Gasteiger partial charge in [0.05, 0.1) is 0 Å². The Morgan fingerprint density at radius 3 is 2.00 bits per heavy atom. The first-order chi connectivity index (χ1) is 13.4. The number of benzene rings is 5. The molecule has 0 unspecified atom stereocenters. The first-order valence-corrected chi connectivity index (χ1v) is 9.36. The highest BCUT2D eigenvalue weighted by molar-refractivity contribution is 6.33. The summed E-state index contributed by atoms with van der Waals surface area (Å²) >= 11 is 0. The molecular weight excluding hydrogens is 324 g/mol. The third kappa shape index (κ3) is 2.06. The molecule has 0 heterocycles. The van der Waals surface area contributed by atoms with E-state index in [-0.39, 0.29) is 0 Å². The maximum atomic E-state index is 3.42. The van der Waals surface area contributed by atoms with Crippen LogP contribution in [0.2, 0.25) is 0 Å². The monoisotopic (exact) mass is 340 g/mol. The van der Waals surface area contributed by atoms with Gasteiger partial charge in [-0.05, 0) is 55.6 Å². The van der Waals surface area contributed by atoms with Crippen molar-refractivity contribution in [2.24, 2.45) is 0 Å². The van der Waals surface area contributed by atoms with E-state index in [0.717, 1.165) is 12.0 Å². The summed E-state index contributed by atoms with van der Waals surface area (Å²) in [5.41, 5.74) is 2.29. The zero-order valence-electron chi connectivity index (χ0n) is 14.8. The van der Waals surface area contributed by atoms with Crippen molar-refractivity contribution in [1.82, 2.24) is 0 Å². The summed E-state index contributed by atoms with van der Waals surface area (Å²) in [5.74, 6) is 6.78. The van der Waals surface area contributed by atoms with Gasteiger partial charge in [0, 0.05) is 11.1 Å². The lowest BCUT2D eigenvalue weighted by Gasteiger charge is -2.14. The maximum Gasteiger partial charge on any atom is 0.0328 e. The molecule has 5 aromatic rings. The predicted octanol–water partition coefficient (Wildman–Crippen LogP) is 6.98. The molecule has 0 spiro atoms. The van der Waals surface area contributed by atoms with Crippen molar-refractivity contribution in [1.29, 1.82) is 0 Å². The first kappa shape index (κ1) is 14.6. The molecule has 0 nitrogen and oxygen atoms in total. The molecule has 5 aromatic carbocycles. The van der Waals surface area contributed by atoms with Gasteiger partial charge in [-0.15, -0.1) is 0 Å². The third-order valence-corrected chi connectivity index (χ3v) is 5.65. The van der Waals surface area contributed by atoms with Gasteiger partial charge < -0.3 is 0 Å². The molecule has 27 heavy (non-hydrogen) atoms. The van der Waals surface area contributed by atoms with E-state index in [0.29, 0.717) is 0 Å². The Labute approximate surface area is 157 Å². The quantitative estimate of drug-likeness (QED) is 0.162. The molecule has 0 heteroatoms. The summed E-state index contributed by atoms with van der Waals surface area (Å²) in [5, 5.41) is 10.5. The predicted molar refractivity (Wildman–Crippen MR) is 116 cm³/mol. The van der Waals surface area contributed by atoms with Crippen molar-refractivity contribution in [3.8, 4) is 11.8 Å². The summed E-state index contributed by atoms with van der Waals surface area (Å²) < 4.78 is 0. The largest absolute Gasteiger partial charge is 0.0794 e. The summed E-state index contributed by atoms with van der Waals surface area (Å²) in [6.07, 6.45) is 7.29. The van der Waals surface area contributed by atoms with E-state index in [1.807, 2.05) is 0 Å². The Balaban J connectivity index is 1.76. The topological polar surface area (TPSA) is 0 Å². The van der Waals surface area contributed by atoms with E-state index < -0.39 is 0 Å². The van der Waals surface area contributed by atoms with Crippen molar-refractivity contribution in [2.75, 3.05) is 0 Å². The fraction of sp³-hybridized carbons (Fsp3) is 0.0370. The Morgan fingerprint density at radius 1 is 0.593 bits per heavy atom. The normalized spacial score (nSPS) is 13.6. The van der Waals surface area contributed by atoms with Crippen LogP contribution in [-0.2, 0) is 0 Å². The second kappa shape index (κ2) is 5.47. The van der Waals surface area contributed by atoms with Crippen LogP contribution >= 0.6 is 0 Å². The minimum atomic E-state index is 0.948. The summed E-state index contributed by atoms with van der Waals surface area (Å²) in [6.45, 7) is 0.